The van der Waals surface area contributed by atoms with Crippen LogP contribution in [0, 0.1) is 5.92 Å². The standard InChI is InChI=1S/C17H26ClN3/c1-12(2)17-19-11-16(14(10-18)20-17)21-9-5-7-13-6-3-4-8-15(13)21/h11-13,15H,3-10H2,1-2H3/t13-,15-/m1/s1. The minimum atomic E-state index is 0.352. The van der Waals surface area contributed by atoms with Gasteiger partial charge in [-0.2, -0.15) is 0 Å². The summed E-state index contributed by atoms with van der Waals surface area (Å²) >= 11 is 6.19. The van der Waals surface area contributed by atoms with Crippen molar-refractivity contribution in [3.63, 3.8) is 0 Å². The molecule has 0 bridgehead atoms. The Morgan fingerprint density at radius 3 is 2.76 bits per heavy atom. The molecule has 3 rings (SSSR count). The van der Waals surface area contributed by atoms with Gasteiger partial charge in [0.25, 0.3) is 0 Å². The molecule has 0 N–H and O–H groups in total. The van der Waals surface area contributed by atoms with Gasteiger partial charge in [-0.05, 0) is 31.6 Å². The number of rotatable bonds is 3. The Hall–Kier alpha value is -0.830. The van der Waals surface area contributed by atoms with Crippen molar-refractivity contribution in [3.8, 4) is 0 Å². The fourth-order valence-corrected chi connectivity index (χ4v) is 4.16. The Kier molecular flexibility index (Phi) is 4.68. The van der Waals surface area contributed by atoms with Crippen LogP contribution in [-0.2, 0) is 5.88 Å². The molecular formula is C17H26ClN3. The van der Waals surface area contributed by atoms with Gasteiger partial charge < -0.3 is 4.90 Å². The average molecular weight is 308 g/mol. The smallest absolute Gasteiger partial charge is 0.131 e. The van der Waals surface area contributed by atoms with E-state index in [1.165, 1.54) is 44.2 Å². The van der Waals surface area contributed by atoms with Crippen molar-refractivity contribution in [1.29, 1.82) is 0 Å². The highest BCUT2D eigenvalue weighted by Crippen LogP contribution is 2.38. The van der Waals surface area contributed by atoms with Crippen molar-refractivity contribution < 1.29 is 0 Å². The number of hydrogen-bond acceptors (Lipinski definition) is 3. The molecule has 21 heavy (non-hydrogen) atoms. The van der Waals surface area contributed by atoms with E-state index in [2.05, 4.69) is 23.7 Å². The van der Waals surface area contributed by atoms with Gasteiger partial charge in [-0.1, -0.05) is 26.7 Å². The summed E-state index contributed by atoms with van der Waals surface area (Å²) in [4.78, 5) is 11.9. The molecule has 2 atom stereocenters. The Bertz CT molecular complexity index is 487. The molecule has 116 valence electrons. The van der Waals surface area contributed by atoms with Gasteiger partial charge in [0.1, 0.15) is 5.82 Å². The minimum absolute atomic E-state index is 0.352. The Morgan fingerprint density at radius 1 is 1.24 bits per heavy atom. The lowest BCUT2D eigenvalue weighted by Crippen LogP contribution is -2.47. The number of hydrogen-bond donors (Lipinski definition) is 0. The summed E-state index contributed by atoms with van der Waals surface area (Å²) in [6, 6.07) is 0.683. The van der Waals surface area contributed by atoms with E-state index in [1.807, 2.05) is 6.20 Å². The molecule has 0 radical (unpaired) electrons. The number of fused-ring (bicyclic) bond motifs is 1. The fraction of sp³-hybridized carbons (Fsp3) is 0.765. The first-order valence-electron chi connectivity index (χ1n) is 8.39. The maximum atomic E-state index is 6.19. The van der Waals surface area contributed by atoms with Crippen LogP contribution in [-0.4, -0.2) is 22.6 Å². The number of aromatic nitrogens is 2. The third-order valence-electron chi connectivity index (χ3n) is 5.06. The van der Waals surface area contributed by atoms with Gasteiger partial charge >= 0.3 is 0 Å². The van der Waals surface area contributed by atoms with Crippen LogP contribution in [0.25, 0.3) is 0 Å². The molecule has 1 saturated carbocycles. The Labute approximate surface area is 133 Å². The molecule has 2 aliphatic rings. The van der Waals surface area contributed by atoms with Crippen molar-refractivity contribution >= 4 is 17.3 Å². The lowest BCUT2D eigenvalue weighted by Gasteiger charge is -2.45. The molecule has 1 aromatic rings. The van der Waals surface area contributed by atoms with Gasteiger partial charge in [0.15, 0.2) is 0 Å². The van der Waals surface area contributed by atoms with Crippen LogP contribution in [0.4, 0.5) is 5.69 Å². The largest absolute Gasteiger partial charge is 0.366 e. The first kappa shape index (κ1) is 15.1. The van der Waals surface area contributed by atoms with E-state index < -0.39 is 0 Å². The molecule has 0 unspecified atom stereocenters. The maximum Gasteiger partial charge on any atom is 0.131 e. The topological polar surface area (TPSA) is 29.0 Å². The van der Waals surface area contributed by atoms with E-state index in [9.17, 15) is 0 Å². The summed E-state index contributed by atoms with van der Waals surface area (Å²) in [5.41, 5.74) is 2.20. The highest BCUT2D eigenvalue weighted by Gasteiger charge is 2.34. The molecule has 1 aliphatic heterocycles. The molecule has 3 nitrogen and oxygen atoms in total. The molecule has 2 fully saturated rings. The van der Waals surface area contributed by atoms with Crippen molar-refractivity contribution in [3.05, 3.63) is 17.7 Å². The highest BCUT2D eigenvalue weighted by molar-refractivity contribution is 6.17. The molecule has 0 aromatic carbocycles. The van der Waals surface area contributed by atoms with E-state index in [-0.39, 0.29) is 0 Å². The quantitative estimate of drug-likeness (QED) is 0.770. The van der Waals surface area contributed by atoms with Crippen LogP contribution in [0.2, 0.25) is 0 Å². The summed E-state index contributed by atoms with van der Waals surface area (Å²) in [5.74, 6) is 2.60. The van der Waals surface area contributed by atoms with Crippen molar-refractivity contribution in [2.75, 3.05) is 11.4 Å². The SMILES string of the molecule is CC(C)c1ncc(N2CCC[C@H]3CCCC[C@H]32)c(CCl)n1. The van der Waals surface area contributed by atoms with Crippen LogP contribution in [0.1, 0.15) is 69.8 Å². The number of anilines is 1. The zero-order valence-corrected chi connectivity index (χ0v) is 13.9. The number of piperidine rings is 1. The first-order chi connectivity index (χ1) is 10.2. The fourth-order valence-electron chi connectivity index (χ4n) is 3.97. The van der Waals surface area contributed by atoms with Gasteiger partial charge in [0.05, 0.1) is 23.5 Å². The zero-order valence-electron chi connectivity index (χ0n) is 13.2. The van der Waals surface area contributed by atoms with Crippen molar-refractivity contribution in [1.82, 2.24) is 9.97 Å². The van der Waals surface area contributed by atoms with Crippen LogP contribution in [0.3, 0.4) is 0 Å². The minimum Gasteiger partial charge on any atom is -0.366 e. The second-order valence-electron chi connectivity index (χ2n) is 6.80. The van der Waals surface area contributed by atoms with Gasteiger partial charge in [-0.3, -0.25) is 0 Å². The molecule has 1 aromatic heterocycles. The average Bonchev–Trinajstić information content (AvgIpc) is 2.53. The van der Waals surface area contributed by atoms with Crippen LogP contribution in [0.15, 0.2) is 6.20 Å². The zero-order chi connectivity index (χ0) is 14.8. The van der Waals surface area contributed by atoms with Gasteiger partial charge in [-0.25, -0.2) is 9.97 Å². The van der Waals surface area contributed by atoms with Gasteiger partial charge in [0.2, 0.25) is 0 Å². The molecular weight excluding hydrogens is 282 g/mol. The molecule has 1 aliphatic carbocycles. The van der Waals surface area contributed by atoms with Crippen LogP contribution >= 0.6 is 11.6 Å². The summed E-state index contributed by atoms with van der Waals surface area (Å²) < 4.78 is 0. The third kappa shape index (κ3) is 3.03. The predicted molar refractivity (Wildman–Crippen MR) is 88.0 cm³/mol. The molecule has 0 amide bonds. The van der Waals surface area contributed by atoms with Gasteiger partial charge in [-0.15, -0.1) is 11.6 Å². The van der Waals surface area contributed by atoms with Crippen molar-refractivity contribution in [2.24, 2.45) is 5.92 Å². The van der Waals surface area contributed by atoms with Crippen LogP contribution < -0.4 is 4.90 Å². The highest BCUT2D eigenvalue weighted by atomic mass is 35.5. The normalized spacial score (nSPS) is 26.0. The predicted octanol–water partition coefficient (Wildman–Crippen LogP) is 4.50. The Balaban J connectivity index is 1.91. The lowest BCUT2D eigenvalue weighted by atomic mass is 9.78. The summed E-state index contributed by atoms with van der Waals surface area (Å²) in [6.45, 7) is 5.39. The summed E-state index contributed by atoms with van der Waals surface area (Å²) in [7, 11) is 0. The first-order valence-corrected chi connectivity index (χ1v) is 8.92. The van der Waals surface area contributed by atoms with E-state index >= 15 is 0 Å². The maximum absolute atomic E-state index is 6.19. The van der Waals surface area contributed by atoms with E-state index in [1.54, 1.807) is 0 Å². The van der Waals surface area contributed by atoms with E-state index in [0.29, 0.717) is 17.8 Å². The van der Waals surface area contributed by atoms with Crippen molar-refractivity contribution in [2.45, 2.75) is 70.2 Å². The van der Waals surface area contributed by atoms with E-state index in [4.69, 9.17) is 16.6 Å². The molecule has 4 heteroatoms. The number of alkyl halides is 1. The van der Waals surface area contributed by atoms with Gasteiger partial charge in [0, 0.05) is 18.5 Å². The number of nitrogens with zero attached hydrogens (tertiary/aromatic N) is 3. The molecule has 1 saturated heterocycles. The molecule has 0 spiro atoms. The Morgan fingerprint density at radius 2 is 2.00 bits per heavy atom. The molecule has 2 heterocycles. The third-order valence-corrected chi connectivity index (χ3v) is 5.31. The van der Waals surface area contributed by atoms with E-state index in [0.717, 1.165) is 24.0 Å². The van der Waals surface area contributed by atoms with Crippen LogP contribution in [0.5, 0.6) is 0 Å². The summed E-state index contributed by atoms with van der Waals surface area (Å²) in [5, 5.41) is 0. The second-order valence-corrected chi connectivity index (χ2v) is 7.06. The monoisotopic (exact) mass is 307 g/mol. The second kappa shape index (κ2) is 6.51. The summed E-state index contributed by atoms with van der Waals surface area (Å²) in [6.07, 6.45) is 10.2. The lowest BCUT2D eigenvalue weighted by molar-refractivity contribution is 0.243. The number of halogens is 1.